The Balaban J connectivity index is 1.91. The molecule has 1 aromatic heterocycles. The van der Waals surface area contributed by atoms with E-state index in [0.29, 0.717) is 6.04 Å². The van der Waals surface area contributed by atoms with Gasteiger partial charge in [-0.05, 0) is 49.0 Å². The Morgan fingerprint density at radius 1 is 1.35 bits per heavy atom. The van der Waals surface area contributed by atoms with E-state index >= 15 is 0 Å². The van der Waals surface area contributed by atoms with Crippen molar-refractivity contribution in [1.82, 2.24) is 5.32 Å². The van der Waals surface area contributed by atoms with Gasteiger partial charge in [0.25, 0.3) is 0 Å². The zero-order valence-electron chi connectivity index (χ0n) is 11.3. The lowest BCUT2D eigenvalue weighted by Gasteiger charge is -2.34. The highest BCUT2D eigenvalue weighted by Crippen LogP contribution is 2.31. The molecular formula is C15H25NS. The Kier molecular flexibility index (Phi) is 4.63. The van der Waals surface area contributed by atoms with Crippen LogP contribution in [0, 0.1) is 11.8 Å². The summed E-state index contributed by atoms with van der Waals surface area (Å²) in [6.07, 6.45) is 5.29. The minimum absolute atomic E-state index is 0.570. The first-order chi connectivity index (χ1) is 8.20. The first-order valence-electron chi connectivity index (χ1n) is 7.00. The molecule has 0 bridgehead atoms. The molecule has 2 heteroatoms. The number of hydrogen-bond acceptors (Lipinski definition) is 2. The molecule has 0 aliphatic heterocycles. The molecule has 1 nitrogen and oxygen atoms in total. The van der Waals surface area contributed by atoms with Crippen LogP contribution in [0.25, 0.3) is 0 Å². The fraction of sp³-hybridized carbons (Fsp3) is 0.733. The summed E-state index contributed by atoms with van der Waals surface area (Å²) in [4.78, 5) is 1.50. The van der Waals surface area contributed by atoms with E-state index in [1.807, 2.05) is 11.3 Å². The third-order valence-electron chi connectivity index (χ3n) is 4.33. The van der Waals surface area contributed by atoms with Crippen LogP contribution in [0.5, 0.6) is 0 Å². The van der Waals surface area contributed by atoms with Crippen LogP contribution in [0.4, 0.5) is 0 Å². The van der Waals surface area contributed by atoms with Crippen LogP contribution in [0.2, 0.25) is 0 Å². The first-order valence-corrected chi connectivity index (χ1v) is 7.88. The molecule has 0 amide bonds. The third kappa shape index (κ3) is 3.32. The van der Waals surface area contributed by atoms with Gasteiger partial charge in [0.15, 0.2) is 0 Å². The molecule has 96 valence electrons. The SMILES string of the molecule is CCC(NC1CCC(C)C(C)C1)c1cccs1. The van der Waals surface area contributed by atoms with E-state index in [1.165, 1.54) is 30.6 Å². The van der Waals surface area contributed by atoms with E-state index in [4.69, 9.17) is 0 Å². The van der Waals surface area contributed by atoms with Crippen LogP contribution in [0.15, 0.2) is 17.5 Å². The van der Waals surface area contributed by atoms with Crippen molar-refractivity contribution in [3.8, 4) is 0 Å². The lowest BCUT2D eigenvalue weighted by atomic mass is 9.79. The van der Waals surface area contributed by atoms with Gasteiger partial charge in [0.05, 0.1) is 0 Å². The molecule has 4 atom stereocenters. The van der Waals surface area contributed by atoms with Crippen LogP contribution in [-0.2, 0) is 0 Å². The summed E-state index contributed by atoms with van der Waals surface area (Å²) in [6, 6.07) is 5.73. The van der Waals surface area contributed by atoms with Gasteiger partial charge in [-0.15, -0.1) is 11.3 Å². The Bertz CT molecular complexity index is 320. The van der Waals surface area contributed by atoms with Gasteiger partial charge < -0.3 is 5.32 Å². The molecule has 0 spiro atoms. The molecule has 0 saturated heterocycles. The van der Waals surface area contributed by atoms with Crippen LogP contribution in [0.3, 0.4) is 0 Å². The van der Waals surface area contributed by atoms with Gasteiger partial charge in [-0.3, -0.25) is 0 Å². The minimum atomic E-state index is 0.570. The second-order valence-corrected chi connectivity index (χ2v) is 6.59. The average molecular weight is 251 g/mol. The Hall–Kier alpha value is -0.340. The number of thiophene rings is 1. The van der Waals surface area contributed by atoms with Gasteiger partial charge in [0.1, 0.15) is 0 Å². The number of rotatable bonds is 4. The van der Waals surface area contributed by atoms with Crippen molar-refractivity contribution >= 4 is 11.3 Å². The average Bonchev–Trinajstić information content (AvgIpc) is 2.84. The fourth-order valence-electron chi connectivity index (χ4n) is 2.87. The predicted molar refractivity (Wildman–Crippen MR) is 76.5 cm³/mol. The van der Waals surface area contributed by atoms with E-state index < -0.39 is 0 Å². The second-order valence-electron chi connectivity index (χ2n) is 5.61. The maximum absolute atomic E-state index is 3.87. The van der Waals surface area contributed by atoms with Crippen LogP contribution >= 0.6 is 11.3 Å². The zero-order valence-corrected chi connectivity index (χ0v) is 12.1. The zero-order chi connectivity index (χ0) is 12.3. The van der Waals surface area contributed by atoms with Crippen molar-refractivity contribution in [2.75, 3.05) is 0 Å². The Labute approximate surface area is 110 Å². The van der Waals surface area contributed by atoms with E-state index in [9.17, 15) is 0 Å². The maximum atomic E-state index is 3.87. The second kappa shape index (κ2) is 6.01. The van der Waals surface area contributed by atoms with Crippen molar-refractivity contribution < 1.29 is 0 Å². The normalized spacial score (nSPS) is 31.4. The Morgan fingerprint density at radius 2 is 2.18 bits per heavy atom. The van der Waals surface area contributed by atoms with Crippen molar-refractivity contribution in [2.45, 2.75) is 58.5 Å². The highest BCUT2D eigenvalue weighted by atomic mass is 32.1. The number of nitrogens with one attached hydrogen (secondary N) is 1. The topological polar surface area (TPSA) is 12.0 Å². The fourth-order valence-corrected chi connectivity index (χ4v) is 3.74. The molecule has 1 fully saturated rings. The summed E-state index contributed by atoms with van der Waals surface area (Å²) < 4.78 is 0. The van der Waals surface area contributed by atoms with Crippen LogP contribution < -0.4 is 5.32 Å². The largest absolute Gasteiger partial charge is 0.306 e. The third-order valence-corrected chi connectivity index (χ3v) is 5.32. The molecule has 1 N–H and O–H groups in total. The quantitative estimate of drug-likeness (QED) is 0.823. The Morgan fingerprint density at radius 3 is 2.76 bits per heavy atom. The van der Waals surface area contributed by atoms with Gasteiger partial charge >= 0.3 is 0 Å². The molecule has 2 rings (SSSR count). The summed E-state index contributed by atoms with van der Waals surface area (Å²) in [5.41, 5.74) is 0. The first kappa shape index (κ1) is 13.1. The molecule has 1 aromatic rings. The van der Waals surface area contributed by atoms with Crippen molar-refractivity contribution in [3.05, 3.63) is 22.4 Å². The monoisotopic (exact) mass is 251 g/mol. The summed E-state index contributed by atoms with van der Waals surface area (Å²) >= 11 is 1.88. The standard InChI is InChI=1S/C15H25NS/c1-4-14(15-6-5-9-17-15)16-13-8-7-11(2)12(3)10-13/h5-6,9,11-14,16H,4,7-8,10H2,1-3H3. The van der Waals surface area contributed by atoms with Gasteiger partial charge in [-0.1, -0.05) is 26.8 Å². The molecule has 0 aromatic carbocycles. The molecule has 1 aliphatic rings. The van der Waals surface area contributed by atoms with Gasteiger partial charge in [-0.25, -0.2) is 0 Å². The summed E-state index contributed by atoms with van der Waals surface area (Å²) in [7, 11) is 0. The summed E-state index contributed by atoms with van der Waals surface area (Å²) in [5.74, 6) is 1.79. The maximum Gasteiger partial charge on any atom is 0.0414 e. The van der Waals surface area contributed by atoms with E-state index in [0.717, 1.165) is 17.9 Å². The highest BCUT2D eigenvalue weighted by Gasteiger charge is 2.26. The molecule has 1 aliphatic carbocycles. The van der Waals surface area contributed by atoms with E-state index in [1.54, 1.807) is 0 Å². The molecule has 0 radical (unpaired) electrons. The van der Waals surface area contributed by atoms with Crippen LogP contribution in [-0.4, -0.2) is 6.04 Å². The van der Waals surface area contributed by atoms with Crippen molar-refractivity contribution in [2.24, 2.45) is 11.8 Å². The van der Waals surface area contributed by atoms with E-state index in [-0.39, 0.29) is 0 Å². The number of hydrogen-bond donors (Lipinski definition) is 1. The smallest absolute Gasteiger partial charge is 0.0414 e. The molecular weight excluding hydrogens is 226 g/mol. The molecule has 1 heterocycles. The highest BCUT2D eigenvalue weighted by molar-refractivity contribution is 7.10. The molecule has 17 heavy (non-hydrogen) atoms. The van der Waals surface area contributed by atoms with Gasteiger partial charge in [-0.2, -0.15) is 0 Å². The predicted octanol–water partition coefficient (Wildman–Crippen LogP) is 4.61. The van der Waals surface area contributed by atoms with Gasteiger partial charge in [0, 0.05) is 17.0 Å². The van der Waals surface area contributed by atoms with Gasteiger partial charge in [0.2, 0.25) is 0 Å². The molecule has 4 unspecified atom stereocenters. The molecule has 1 saturated carbocycles. The van der Waals surface area contributed by atoms with Crippen molar-refractivity contribution in [1.29, 1.82) is 0 Å². The van der Waals surface area contributed by atoms with Crippen LogP contribution in [0.1, 0.15) is 57.4 Å². The minimum Gasteiger partial charge on any atom is -0.306 e. The van der Waals surface area contributed by atoms with Crippen molar-refractivity contribution in [3.63, 3.8) is 0 Å². The summed E-state index contributed by atoms with van der Waals surface area (Å²) in [5, 5.41) is 6.06. The lowest BCUT2D eigenvalue weighted by Crippen LogP contribution is -2.38. The lowest BCUT2D eigenvalue weighted by molar-refractivity contribution is 0.214. The van der Waals surface area contributed by atoms with E-state index in [2.05, 4.69) is 43.6 Å². The summed E-state index contributed by atoms with van der Waals surface area (Å²) in [6.45, 7) is 7.09.